The van der Waals surface area contributed by atoms with E-state index in [9.17, 15) is 9.59 Å². The zero-order chi connectivity index (χ0) is 22.5. The van der Waals surface area contributed by atoms with Gasteiger partial charge in [-0.2, -0.15) is 0 Å². The SMILES string of the molecule is CCOc1ccc(C2=C(Sc3ccccc3)C(=O)N(Cc3ccccc3OC)C2=O)cc1. The van der Waals surface area contributed by atoms with E-state index in [4.69, 9.17) is 9.47 Å². The minimum Gasteiger partial charge on any atom is -0.496 e. The van der Waals surface area contributed by atoms with Crippen LogP contribution in [0.5, 0.6) is 11.5 Å². The Labute approximate surface area is 191 Å². The van der Waals surface area contributed by atoms with Crippen LogP contribution >= 0.6 is 11.8 Å². The van der Waals surface area contributed by atoms with Crippen molar-refractivity contribution < 1.29 is 19.1 Å². The number of benzene rings is 3. The Kier molecular flexibility index (Phi) is 6.61. The van der Waals surface area contributed by atoms with Crippen LogP contribution < -0.4 is 9.47 Å². The minimum absolute atomic E-state index is 0.140. The second kappa shape index (κ2) is 9.75. The van der Waals surface area contributed by atoms with Gasteiger partial charge in [-0.1, -0.05) is 60.3 Å². The zero-order valence-electron chi connectivity index (χ0n) is 17.9. The second-order valence-electron chi connectivity index (χ2n) is 7.08. The van der Waals surface area contributed by atoms with Crippen LogP contribution in [0.2, 0.25) is 0 Å². The summed E-state index contributed by atoms with van der Waals surface area (Å²) in [6.45, 7) is 2.61. The van der Waals surface area contributed by atoms with Crippen LogP contribution in [0.15, 0.2) is 88.7 Å². The van der Waals surface area contributed by atoms with Gasteiger partial charge in [0.1, 0.15) is 11.5 Å². The van der Waals surface area contributed by atoms with Crippen molar-refractivity contribution in [2.75, 3.05) is 13.7 Å². The number of rotatable bonds is 8. The fourth-order valence-corrected chi connectivity index (χ4v) is 4.58. The molecule has 0 spiro atoms. The number of amides is 2. The molecule has 1 aliphatic heterocycles. The highest BCUT2D eigenvalue weighted by Crippen LogP contribution is 2.40. The topological polar surface area (TPSA) is 55.8 Å². The first-order valence-corrected chi connectivity index (χ1v) is 11.1. The largest absolute Gasteiger partial charge is 0.496 e. The number of carbonyl (C=O) groups is 2. The Bertz CT molecular complexity index is 1160. The molecule has 0 bridgehead atoms. The van der Waals surface area contributed by atoms with Crippen LogP contribution in [0.3, 0.4) is 0 Å². The maximum absolute atomic E-state index is 13.5. The van der Waals surface area contributed by atoms with Gasteiger partial charge in [-0.3, -0.25) is 14.5 Å². The summed E-state index contributed by atoms with van der Waals surface area (Å²) in [5.74, 6) is 0.735. The molecule has 3 aromatic carbocycles. The quantitative estimate of drug-likeness (QED) is 0.448. The van der Waals surface area contributed by atoms with Gasteiger partial charge in [0.2, 0.25) is 0 Å². The molecule has 0 fully saturated rings. The third-order valence-corrected chi connectivity index (χ3v) is 6.15. The standard InChI is InChI=1S/C26H23NO4S/c1-3-31-20-15-13-18(14-16-20)23-24(32-21-10-5-4-6-11-21)26(29)27(25(23)28)17-19-9-7-8-12-22(19)30-2/h4-16H,3,17H2,1-2H3. The van der Waals surface area contributed by atoms with Gasteiger partial charge in [-0.25, -0.2) is 0 Å². The van der Waals surface area contributed by atoms with Crippen LogP contribution in [0.4, 0.5) is 0 Å². The Morgan fingerprint density at radius 3 is 2.22 bits per heavy atom. The van der Waals surface area contributed by atoms with E-state index in [1.807, 2.05) is 85.8 Å². The molecule has 0 unspecified atom stereocenters. The van der Waals surface area contributed by atoms with Crippen molar-refractivity contribution in [2.24, 2.45) is 0 Å². The lowest BCUT2D eigenvalue weighted by Gasteiger charge is -2.17. The van der Waals surface area contributed by atoms with Crippen LogP contribution in [0, 0.1) is 0 Å². The number of carbonyl (C=O) groups excluding carboxylic acids is 2. The molecule has 1 heterocycles. The molecule has 0 aromatic heterocycles. The van der Waals surface area contributed by atoms with Gasteiger partial charge >= 0.3 is 0 Å². The summed E-state index contributed by atoms with van der Waals surface area (Å²) in [5.41, 5.74) is 1.86. The number of hydrogen-bond donors (Lipinski definition) is 0. The smallest absolute Gasteiger partial charge is 0.268 e. The van der Waals surface area contributed by atoms with Crippen molar-refractivity contribution in [3.05, 3.63) is 94.9 Å². The van der Waals surface area contributed by atoms with Crippen LogP contribution in [-0.2, 0) is 16.1 Å². The molecule has 0 N–H and O–H groups in total. The number of ether oxygens (including phenoxy) is 2. The molecule has 0 saturated heterocycles. The molecule has 5 nitrogen and oxygen atoms in total. The summed E-state index contributed by atoms with van der Waals surface area (Å²) in [5, 5.41) is 0. The highest BCUT2D eigenvalue weighted by Gasteiger charge is 2.39. The second-order valence-corrected chi connectivity index (χ2v) is 8.17. The van der Waals surface area contributed by atoms with Crippen molar-refractivity contribution >= 4 is 29.1 Å². The lowest BCUT2D eigenvalue weighted by molar-refractivity contribution is -0.137. The summed E-state index contributed by atoms with van der Waals surface area (Å²) in [7, 11) is 1.58. The van der Waals surface area contributed by atoms with E-state index in [1.165, 1.54) is 16.7 Å². The van der Waals surface area contributed by atoms with E-state index in [2.05, 4.69) is 0 Å². The van der Waals surface area contributed by atoms with E-state index in [0.717, 1.165) is 16.2 Å². The molecule has 0 atom stereocenters. The molecule has 162 valence electrons. The van der Waals surface area contributed by atoms with Crippen molar-refractivity contribution in [3.63, 3.8) is 0 Å². The number of para-hydroxylation sites is 1. The predicted octanol–water partition coefficient (Wildman–Crippen LogP) is 5.17. The monoisotopic (exact) mass is 445 g/mol. The highest BCUT2D eigenvalue weighted by atomic mass is 32.2. The van der Waals surface area contributed by atoms with E-state index in [-0.39, 0.29) is 18.4 Å². The molecular formula is C26H23NO4S. The fraction of sp³-hybridized carbons (Fsp3) is 0.154. The lowest BCUT2D eigenvalue weighted by Crippen LogP contribution is -2.31. The number of thioether (sulfide) groups is 1. The van der Waals surface area contributed by atoms with E-state index >= 15 is 0 Å². The van der Waals surface area contributed by atoms with E-state index < -0.39 is 0 Å². The maximum Gasteiger partial charge on any atom is 0.268 e. The summed E-state index contributed by atoms with van der Waals surface area (Å²) in [6, 6.07) is 24.3. The normalized spacial score (nSPS) is 13.6. The third kappa shape index (κ3) is 4.41. The highest BCUT2D eigenvalue weighted by molar-refractivity contribution is 8.04. The molecule has 32 heavy (non-hydrogen) atoms. The van der Waals surface area contributed by atoms with E-state index in [1.54, 1.807) is 7.11 Å². The molecule has 2 amide bonds. The predicted molar refractivity (Wildman–Crippen MR) is 125 cm³/mol. The van der Waals surface area contributed by atoms with Gasteiger partial charge in [0.25, 0.3) is 11.8 Å². The average Bonchev–Trinajstić information content (AvgIpc) is 3.05. The lowest BCUT2D eigenvalue weighted by atomic mass is 10.1. The first-order chi connectivity index (χ1) is 15.6. The molecule has 6 heteroatoms. The minimum atomic E-state index is -0.316. The molecule has 0 aliphatic carbocycles. The first kappa shape index (κ1) is 21.7. The Hall–Kier alpha value is -3.51. The van der Waals surface area contributed by atoms with Crippen molar-refractivity contribution in [1.82, 2.24) is 4.90 Å². The van der Waals surface area contributed by atoms with Gasteiger partial charge in [0.05, 0.1) is 30.7 Å². The molecule has 3 aromatic rings. The molecule has 0 saturated carbocycles. The van der Waals surface area contributed by atoms with Crippen molar-refractivity contribution in [1.29, 1.82) is 0 Å². The third-order valence-electron chi connectivity index (χ3n) is 5.06. The molecule has 0 radical (unpaired) electrons. The number of methoxy groups -OCH3 is 1. The van der Waals surface area contributed by atoms with Gasteiger partial charge in [-0.15, -0.1) is 0 Å². The van der Waals surface area contributed by atoms with Gasteiger partial charge in [-0.05, 0) is 42.8 Å². The van der Waals surface area contributed by atoms with Crippen molar-refractivity contribution in [3.8, 4) is 11.5 Å². The van der Waals surface area contributed by atoms with Crippen LogP contribution in [0.25, 0.3) is 5.57 Å². The first-order valence-electron chi connectivity index (χ1n) is 10.3. The number of nitrogens with zero attached hydrogens (tertiary/aromatic N) is 1. The van der Waals surface area contributed by atoms with Gasteiger partial charge in [0.15, 0.2) is 0 Å². The summed E-state index contributed by atoms with van der Waals surface area (Å²) >= 11 is 1.31. The van der Waals surface area contributed by atoms with Crippen molar-refractivity contribution in [2.45, 2.75) is 18.4 Å². The Morgan fingerprint density at radius 2 is 1.53 bits per heavy atom. The zero-order valence-corrected chi connectivity index (χ0v) is 18.7. The van der Waals surface area contributed by atoms with Gasteiger partial charge in [0, 0.05) is 10.5 Å². The molecule has 1 aliphatic rings. The summed E-state index contributed by atoms with van der Waals surface area (Å²) in [6.07, 6.45) is 0. The van der Waals surface area contributed by atoms with Crippen LogP contribution in [-0.4, -0.2) is 30.4 Å². The fourth-order valence-electron chi connectivity index (χ4n) is 3.54. The Balaban J connectivity index is 1.72. The number of imide groups is 1. The summed E-state index contributed by atoms with van der Waals surface area (Å²) < 4.78 is 10.9. The average molecular weight is 446 g/mol. The Morgan fingerprint density at radius 1 is 0.844 bits per heavy atom. The summed E-state index contributed by atoms with van der Waals surface area (Å²) in [4.78, 5) is 29.5. The number of hydrogen-bond acceptors (Lipinski definition) is 5. The molecular weight excluding hydrogens is 422 g/mol. The van der Waals surface area contributed by atoms with Gasteiger partial charge < -0.3 is 9.47 Å². The maximum atomic E-state index is 13.5. The molecule has 4 rings (SSSR count). The van der Waals surface area contributed by atoms with Crippen LogP contribution in [0.1, 0.15) is 18.1 Å². The van der Waals surface area contributed by atoms with E-state index in [0.29, 0.717) is 28.4 Å².